The minimum atomic E-state index is -1.05. The van der Waals surface area contributed by atoms with Crippen LogP contribution in [0.4, 0.5) is 0 Å². The van der Waals surface area contributed by atoms with Gasteiger partial charge in [0.2, 0.25) is 0 Å². The summed E-state index contributed by atoms with van der Waals surface area (Å²) in [5.74, 6) is -1.05. The maximum atomic E-state index is 10.7. The Kier molecular flexibility index (Phi) is 2.67. The van der Waals surface area contributed by atoms with E-state index in [2.05, 4.69) is 15.4 Å². The van der Waals surface area contributed by atoms with Crippen molar-refractivity contribution in [1.29, 1.82) is 0 Å². The molecule has 7 heteroatoms. The topological polar surface area (TPSA) is 85.8 Å². The van der Waals surface area contributed by atoms with E-state index >= 15 is 0 Å². The van der Waals surface area contributed by atoms with Crippen LogP contribution in [-0.4, -0.2) is 35.9 Å². The number of nitrogens with zero attached hydrogens (tertiary/aromatic N) is 5. The highest BCUT2D eigenvalue weighted by molar-refractivity contribution is 5.86. The van der Waals surface area contributed by atoms with E-state index in [4.69, 9.17) is 5.11 Å². The molecule has 0 aliphatic heterocycles. The molecule has 0 amide bonds. The van der Waals surface area contributed by atoms with E-state index in [0.29, 0.717) is 18.8 Å². The van der Waals surface area contributed by atoms with Gasteiger partial charge in [-0.25, -0.2) is 9.48 Å². The van der Waals surface area contributed by atoms with Gasteiger partial charge >= 0.3 is 5.97 Å². The monoisotopic (exact) mass is 221 g/mol. The number of rotatable bonds is 4. The first-order valence-corrected chi connectivity index (χ1v) is 4.79. The highest BCUT2D eigenvalue weighted by Crippen LogP contribution is 2.03. The predicted molar refractivity (Wildman–Crippen MR) is 53.9 cm³/mol. The van der Waals surface area contributed by atoms with Crippen LogP contribution in [0.25, 0.3) is 0 Å². The van der Waals surface area contributed by atoms with Gasteiger partial charge in [0.25, 0.3) is 0 Å². The van der Waals surface area contributed by atoms with Crippen molar-refractivity contribution in [3.63, 3.8) is 0 Å². The molecule has 0 aliphatic carbocycles. The molecular weight excluding hydrogens is 210 g/mol. The van der Waals surface area contributed by atoms with E-state index in [1.54, 1.807) is 22.5 Å². The highest BCUT2D eigenvalue weighted by atomic mass is 16.4. The SMILES string of the molecule is Cc1c(C(=O)O)nnn1CCn1cccn1. The van der Waals surface area contributed by atoms with Crippen LogP contribution in [0, 0.1) is 6.92 Å². The number of carboxylic acids is 1. The molecule has 0 atom stereocenters. The summed E-state index contributed by atoms with van der Waals surface area (Å²) < 4.78 is 3.31. The lowest BCUT2D eigenvalue weighted by molar-refractivity contribution is 0.0689. The zero-order valence-corrected chi connectivity index (χ0v) is 8.74. The third-order valence-corrected chi connectivity index (χ3v) is 2.29. The van der Waals surface area contributed by atoms with Gasteiger partial charge in [-0.3, -0.25) is 4.68 Å². The third kappa shape index (κ3) is 1.92. The van der Waals surface area contributed by atoms with Crippen LogP contribution in [0.2, 0.25) is 0 Å². The lowest BCUT2D eigenvalue weighted by Gasteiger charge is -2.03. The number of hydrogen-bond acceptors (Lipinski definition) is 4. The number of aromatic carboxylic acids is 1. The number of aryl methyl sites for hydroxylation is 2. The van der Waals surface area contributed by atoms with Gasteiger partial charge in [0.15, 0.2) is 5.69 Å². The fourth-order valence-corrected chi connectivity index (χ4v) is 1.40. The fraction of sp³-hybridized carbons (Fsp3) is 0.333. The summed E-state index contributed by atoms with van der Waals surface area (Å²) in [6.07, 6.45) is 3.53. The first-order chi connectivity index (χ1) is 7.68. The van der Waals surface area contributed by atoms with Gasteiger partial charge in [0.1, 0.15) is 0 Å². The lowest BCUT2D eigenvalue weighted by atomic mass is 10.3. The van der Waals surface area contributed by atoms with Crippen LogP contribution < -0.4 is 0 Å². The molecule has 16 heavy (non-hydrogen) atoms. The Hall–Kier alpha value is -2.18. The second-order valence-corrected chi connectivity index (χ2v) is 3.32. The van der Waals surface area contributed by atoms with Crippen LogP contribution in [0.1, 0.15) is 16.2 Å². The Morgan fingerprint density at radius 2 is 2.31 bits per heavy atom. The molecule has 0 fully saturated rings. The molecule has 84 valence electrons. The maximum Gasteiger partial charge on any atom is 0.358 e. The van der Waals surface area contributed by atoms with E-state index in [-0.39, 0.29) is 5.69 Å². The second-order valence-electron chi connectivity index (χ2n) is 3.32. The van der Waals surface area contributed by atoms with Crippen molar-refractivity contribution in [2.24, 2.45) is 0 Å². The minimum absolute atomic E-state index is 0.000431. The Morgan fingerprint density at radius 1 is 1.50 bits per heavy atom. The van der Waals surface area contributed by atoms with Crippen molar-refractivity contribution in [3.8, 4) is 0 Å². The number of hydrogen-bond donors (Lipinski definition) is 1. The van der Waals surface area contributed by atoms with Gasteiger partial charge in [0, 0.05) is 12.4 Å². The molecule has 1 N–H and O–H groups in total. The molecule has 0 unspecified atom stereocenters. The van der Waals surface area contributed by atoms with E-state index < -0.39 is 5.97 Å². The smallest absolute Gasteiger partial charge is 0.358 e. The predicted octanol–water partition coefficient (Wildman–Crippen LogP) is 0.181. The summed E-state index contributed by atoms with van der Waals surface area (Å²) >= 11 is 0. The van der Waals surface area contributed by atoms with Crippen LogP contribution >= 0.6 is 0 Å². The average molecular weight is 221 g/mol. The molecular formula is C9H11N5O2. The van der Waals surface area contributed by atoms with Gasteiger partial charge in [-0.05, 0) is 13.0 Å². The van der Waals surface area contributed by atoms with Gasteiger partial charge < -0.3 is 5.11 Å². The van der Waals surface area contributed by atoms with E-state index in [9.17, 15) is 4.79 Å². The molecule has 0 aliphatic rings. The number of carboxylic acid groups (broad SMARTS) is 1. The van der Waals surface area contributed by atoms with Crippen molar-refractivity contribution in [2.75, 3.05) is 0 Å². The highest BCUT2D eigenvalue weighted by Gasteiger charge is 2.14. The van der Waals surface area contributed by atoms with Crippen molar-refractivity contribution in [3.05, 3.63) is 29.8 Å². The van der Waals surface area contributed by atoms with E-state index in [0.717, 1.165) is 0 Å². The summed E-state index contributed by atoms with van der Waals surface area (Å²) in [6.45, 7) is 2.87. The molecule has 0 radical (unpaired) electrons. The van der Waals surface area contributed by atoms with E-state index in [1.165, 1.54) is 0 Å². The molecule has 7 nitrogen and oxygen atoms in total. The molecule has 0 bridgehead atoms. The quantitative estimate of drug-likeness (QED) is 0.796. The average Bonchev–Trinajstić information content (AvgIpc) is 2.84. The largest absolute Gasteiger partial charge is 0.476 e. The summed E-state index contributed by atoms with van der Waals surface area (Å²) in [6, 6.07) is 1.83. The maximum absolute atomic E-state index is 10.7. The van der Waals surface area contributed by atoms with Gasteiger partial charge in [-0.1, -0.05) is 5.21 Å². The Labute approximate surface area is 91.3 Å². The molecule has 2 heterocycles. The molecule has 0 spiro atoms. The third-order valence-electron chi connectivity index (χ3n) is 2.29. The summed E-state index contributed by atoms with van der Waals surface area (Å²) in [7, 11) is 0. The van der Waals surface area contributed by atoms with Crippen LogP contribution in [-0.2, 0) is 13.1 Å². The Balaban J connectivity index is 2.08. The first-order valence-electron chi connectivity index (χ1n) is 4.79. The molecule has 2 aromatic heterocycles. The molecule has 0 saturated carbocycles. The first kappa shape index (κ1) is 10.3. The zero-order valence-electron chi connectivity index (χ0n) is 8.74. The van der Waals surface area contributed by atoms with Gasteiger partial charge in [-0.15, -0.1) is 5.10 Å². The van der Waals surface area contributed by atoms with Crippen LogP contribution in [0.15, 0.2) is 18.5 Å². The Morgan fingerprint density at radius 3 is 2.88 bits per heavy atom. The van der Waals surface area contributed by atoms with Crippen LogP contribution in [0.3, 0.4) is 0 Å². The summed E-state index contributed by atoms with van der Waals surface area (Å²) in [5, 5.41) is 20.2. The summed E-state index contributed by atoms with van der Waals surface area (Å²) in [5.41, 5.74) is 0.556. The normalized spacial score (nSPS) is 10.6. The van der Waals surface area contributed by atoms with Crippen molar-refractivity contribution >= 4 is 5.97 Å². The molecule has 2 rings (SSSR count). The number of aromatic nitrogens is 5. The fourth-order valence-electron chi connectivity index (χ4n) is 1.40. The number of carbonyl (C=O) groups is 1. The van der Waals surface area contributed by atoms with Crippen molar-refractivity contribution in [2.45, 2.75) is 20.0 Å². The second kappa shape index (κ2) is 4.13. The molecule has 0 saturated heterocycles. The molecule has 0 aromatic carbocycles. The lowest BCUT2D eigenvalue weighted by Crippen LogP contribution is -2.11. The van der Waals surface area contributed by atoms with Crippen LogP contribution in [0.5, 0.6) is 0 Å². The summed E-state index contributed by atoms with van der Waals surface area (Å²) in [4.78, 5) is 10.7. The minimum Gasteiger partial charge on any atom is -0.476 e. The standard InChI is InChI=1S/C9H11N5O2/c1-7-8(9(15)16)11-12-14(7)6-5-13-4-2-3-10-13/h2-4H,5-6H2,1H3,(H,15,16). The zero-order chi connectivity index (χ0) is 11.5. The van der Waals surface area contributed by atoms with Gasteiger partial charge in [0.05, 0.1) is 18.8 Å². The van der Waals surface area contributed by atoms with Crippen molar-refractivity contribution < 1.29 is 9.90 Å². The van der Waals surface area contributed by atoms with E-state index in [1.807, 2.05) is 12.3 Å². The Bertz CT molecular complexity index is 488. The molecule has 2 aromatic rings. The van der Waals surface area contributed by atoms with Crippen molar-refractivity contribution in [1.82, 2.24) is 24.8 Å². The van der Waals surface area contributed by atoms with Gasteiger partial charge in [-0.2, -0.15) is 5.10 Å².